The number of hydrogen-bond acceptors (Lipinski definition) is 2. The topological polar surface area (TPSA) is 26.0 Å². The molecule has 0 fully saturated rings. The van der Waals surface area contributed by atoms with Gasteiger partial charge < -0.3 is 5.73 Å². The van der Waals surface area contributed by atoms with Crippen LogP contribution in [-0.2, 0) is 12.2 Å². The predicted molar refractivity (Wildman–Crippen MR) is 84.7 cm³/mol. The summed E-state index contributed by atoms with van der Waals surface area (Å²) in [5.74, 6) is 1.03. The Kier molecular flexibility index (Phi) is 5.06. The first-order valence-corrected chi connectivity index (χ1v) is 7.65. The molecule has 0 unspecified atom stereocenters. The number of hydrogen-bond donors (Lipinski definition) is 1. The molecule has 0 bridgehead atoms. The monoisotopic (exact) mass is 271 g/mol. The van der Waals surface area contributed by atoms with Crippen molar-refractivity contribution in [1.82, 2.24) is 0 Å². The summed E-state index contributed by atoms with van der Waals surface area (Å²) in [7, 11) is 0. The fraction of sp³-hybridized carbons (Fsp3) is 0.294. The molecule has 0 aliphatic rings. The lowest BCUT2D eigenvalue weighted by Gasteiger charge is -2.08. The zero-order chi connectivity index (χ0) is 13.7. The van der Waals surface area contributed by atoms with E-state index in [2.05, 4.69) is 56.3 Å². The number of aryl methyl sites for hydroxylation is 2. The third kappa shape index (κ3) is 4.12. The molecule has 0 saturated carbocycles. The second-order valence-corrected chi connectivity index (χ2v) is 5.95. The van der Waals surface area contributed by atoms with Crippen molar-refractivity contribution in [2.45, 2.75) is 30.9 Å². The van der Waals surface area contributed by atoms with Crippen LogP contribution >= 0.6 is 11.8 Å². The molecule has 0 spiro atoms. The molecule has 0 saturated heterocycles. The number of benzene rings is 2. The van der Waals surface area contributed by atoms with Crippen molar-refractivity contribution in [2.24, 2.45) is 5.73 Å². The van der Waals surface area contributed by atoms with Crippen LogP contribution < -0.4 is 5.73 Å². The number of nitrogens with two attached hydrogens (primary N) is 1. The van der Waals surface area contributed by atoms with Crippen molar-refractivity contribution < 1.29 is 0 Å². The van der Waals surface area contributed by atoms with Crippen LogP contribution in [0.4, 0.5) is 0 Å². The van der Waals surface area contributed by atoms with E-state index in [1.807, 2.05) is 11.8 Å². The minimum Gasteiger partial charge on any atom is -0.330 e. The molecule has 0 radical (unpaired) electrons. The van der Waals surface area contributed by atoms with Crippen LogP contribution in [0.5, 0.6) is 0 Å². The van der Waals surface area contributed by atoms with E-state index in [0.717, 1.165) is 18.7 Å². The fourth-order valence-corrected chi connectivity index (χ4v) is 3.10. The molecule has 0 amide bonds. The third-order valence-electron chi connectivity index (χ3n) is 3.22. The lowest BCUT2D eigenvalue weighted by Crippen LogP contribution is -2.03. The molecule has 2 aromatic carbocycles. The molecule has 0 atom stereocenters. The maximum atomic E-state index is 5.61. The lowest BCUT2D eigenvalue weighted by molar-refractivity contribution is 0.954. The van der Waals surface area contributed by atoms with Gasteiger partial charge >= 0.3 is 0 Å². The van der Waals surface area contributed by atoms with Crippen molar-refractivity contribution >= 4 is 11.8 Å². The van der Waals surface area contributed by atoms with Gasteiger partial charge in [-0.2, -0.15) is 0 Å². The van der Waals surface area contributed by atoms with E-state index >= 15 is 0 Å². The highest BCUT2D eigenvalue weighted by Crippen LogP contribution is 2.25. The van der Waals surface area contributed by atoms with Crippen LogP contribution in [0.2, 0.25) is 0 Å². The van der Waals surface area contributed by atoms with E-state index in [1.54, 1.807) is 0 Å². The van der Waals surface area contributed by atoms with Crippen LogP contribution in [0.15, 0.2) is 47.4 Å². The zero-order valence-corrected chi connectivity index (χ0v) is 12.5. The van der Waals surface area contributed by atoms with E-state index in [9.17, 15) is 0 Å². The summed E-state index contributed by atoms with van der Waals surface area (Å²) in [6.07, 6.45) is 0.967. The van der Waals surface area contributed by atoms with Gasteiger partial charge in [-0.15, -0.1) is 11.8 Å². The van der Waals surface area contributed by atoms with E-state index < -0.39 is 0 Å². The van der Waals surface area contributed by atoms with Gasteiger partial charge in [-0.1, -0.05) is 35.9 Å². The molecule has 2 N–H and O–H groups in total. The van der Waals surface area contributed by atoms with Gasteiger partial charge in [0.25, 0.3) is 0 Å². The van der Waals surface area contributed by atoms with Crippen LogP contribution in [0.25, 0.3) is 0 Å². The van der Waals surface area contributed by atoms with E-state index in [1.165, 1.54) is 27.1 Å². The Balaban J connectivity index is 2.02. The van der Waals surface area contributed by atoms with Crippen LogP contribution in [0.1, 0.15) is 22.3 Å². The lowest BCUT2D eigenvalue weighted by atomic mass is 10.1. The Hall–Kier alpha value is -1.25. The smallest absolute Gasteiger partial charge is 0.0232 e. The van der Waals surface area contributed by atoms with E-state index in [4.69, 9.17) is 5.73 Å². The number of rotatable bonds is 5. The highest BCUT2D eigenvalue weighted by molar-refractivity contribution is 7.98. The Morgan fingerprint density at radius 1 is 1.05 bits per heavy atom. The third-order valence-corrected chi connectivity index (χ3v) is 4.28. The molecule has 0 aliphatic heterocycles. The average Bonchev–Trinajstić information content (AvgIpc) is 2.39. The van der Waals surface area contributed by atoms with Gasteiger partial charge in [0.2, 0.25) is 0 Å². The molecule has 2 heteroatoms. The van der Waals surface area contributed by atoms with Crippen molar-refractivity contribution in [3.63, 3.8) is 0 Å². The normalized spacial score (nSPS) is 10.7. The minimum absolute atomic E-state index is 0.719. The Labute approximate surface area is 120 Å². The summed E-state index contributed by atoms with van der Waals surface area (Å²) >= 11 is 1.89. The second-order valence-electron chi connectivity index (χ2n) is 4.90. The summed E-state index contributed by atoms with van der Waals surface area (Å²) in [5.41, 5.74) is 11.0. The van der Waals surface area contributed by atoms with E-state index in [0.29, 0.717) is 0 Å². The zero-order valence-electron chi connectivity index (χ0n) is 11.6. The standard InChI is InChI=1S/C17H21NS/c1-13-4-3-5-15(10-13)12-19-17-7-6-16(8-9-18)14(2)11-17/h3-7,10-11H,8-9,12,18H2,1-2H3. The molecule has 0 heterocycles. The highest BCUT2D eigenvalue weighted by atomic mass is 32.2. The summed E-state index contributed by atoms with van der Waals surface area (Å²) in [5, 5.41) is 0. The molecule has 1 nitrogen and oxygen atoms in total. The first-order valence-electron chi connectivity index (χ1n) is 6.67. The van der Waals surface area contributed by atoms with Gasteiger partial charge in [0.15, 0.2) is 0 Å². The molecular formula is C17H21NS. The molecular weight excluding hydrogens is 250 g/mol. The molecule has 100 valence electrons. The van der Waals surface area contributed by atoms with Gasteiger partial charge in [-0.25, -0.2) is 0 Å². The maximum Gasteiger partial charge on any atom is 0.0232 e. The fourth-order valence-electron chi connectivity index (χ4n) is 2.16. The Morgan fingerprint density at radius 3 is 2.58 bits per heavy atom. The van der Waals surface area contributed by atoms with Gasteiger partial charge in [0.1, 0.15) is 0 Å². The number of thioether (sulfide) groups is 1. The van der Waals surface area contributed by atoms with Crippen molar-refractivity contribution in [1.29, 1.82) is 0 Å². The molecule has 2 rings (SSSR count). The van der Waals surface area contributed by atoms with Gasteiger partial charge in [0, 0.05) is 10.6 Å². The van der Waals surface area contributed by atoms with Crippen molar-refractivity contribution in [3.8, 4) is 0 Å². The first kappa shape index (κ1) is 14.2. The van der Waals surface area contributed by atoms with Gasteiger partial charge in [-0.3, -0.25) is 0 Å². The second kappa shape index (κ2) is 6.78. The molecule has 0 aliphatic carbocycles. The SMILES string of the molecule is Cc1cccc(CSc2ccc(CCN)c(C)c2)c1. The van der Waals surface area contributed by atoms with Crippen molar-refractivity contribution in [2.75, 3.05) is 6.54 Å². The summed E-state index contributed by atoms with van der Waals surface area (Å²) in [6.45, 7) is 5.03. The van der Waals surface area contributed by atoms with Crippen LogP contribution in [-0.4, -0.2) is 6.54 Å². The summed E-state index contributed by atoms with van der Waals surface area (Å²) < 4.78 is 0. The van der Waals surface area contributed by atoms with Crippen LogP contribution in [0, 0.1) is 13.8 Å². The predicted octanol–water partition coefficient (Wildman–Crippen LogP) is 4.10. The Bertz CT molecular complexity index is 549. The minimum atomic E-state index is 0.719. The Morgan fingerprint density at radius 2 is 1.89 bits per heavy atom. The average molecular weight is 271 g/mol. The van der Waals surface area contributed by atoms with Gasteiger partial charge in [0.05, 0.1) is 0 Å². The van der Waals surface area contributed by atoms with Gasteiger partial charge in [-0.05, 0) is 55.6 Å². The molecule has 0 aromatic heterocycles. The maximum absolute atomic E-state index is 5.61. The summed E-state index contributed by atoms with van der Waals surface area (Å²) in [4.78, 5) is 1.33. The molecule has 2 aromatic rings. The largest absolute Gasteiger partial charge is 0.330 e. The van der Waals surface area contributed by atoms with Crippen LogP contribution in [0.3, 0.4) is 0 Å². The van der Waals surface area contributed by atoms with E-state index in [-0.39, 0.29) is 0 Å². The quantitative estimate of drug-likeness (QED) is 0.829. The highest BCUT2D eigenvalue weighted by Gasteiger charge is 2.01. The summed E-state index contributed by atoms with van der Waals surface area (Å²) in [6, 6.07) is 15.4. The van der Waals surface area contributed by atoms with Crippen molar-refractivity contribution in [3.05, 3.63) is 64.7 Å². The first-order chi connectivity index (χ1) is 9.19. The molecule has 19 heavy (non-hydrogen) atoms.